The molecule has 1 N–H and O–H groups in total. The van der Waals surface area contributed by atoms with Crippen LogP contribution in [0.4, 0.5) is 0 Å². The molecule has 0 spiro atoms. The number of nitrogens with zero attached hydrogens (tertiary/aromatic N) is 2. The highest BCUT2D eigenvalue weighted by atomic mass is 16.5. The van der Waals surface area contributed by atoms with E-state index in [9.17, 15) is 4.79 Å². The van der Waals surface area contributed by atoms with E-state index in [1.807, 2.05) is 13.8 Å². The first-order valence-electron chi connectivity index (χ1n) is 6.31. The van der Waals surface area contributed by atoms with Gasteiger partial charge in [-0.15, -0.1) is 0 Å². The van der Waals surface area contributed by atoms with E-state index in [1.54, 1.807) is 30.9 Å². The van der Waals surface area contributed by atoms with Gasteiger partial charge in [-0.1, -0.05) is 13.8 Å². The normalized spacial score (nSPS) is 11.1. The quantitative estimate of drug-likeness (QED) is 0.908. The molecule has 0 saturated heterocycles. The van der Waals surface area contributed by atoms with Crippen LogP contribution >= 0.6 is 0 Å². The summed E-state index contributed by atoms with van der Waals surface area (Å²) in [6, 6.07) is 3.52. The molecule has 6 nitrogen and oxygen atoms in total. The molecule has 0 radical (unpaired) electrons. The minimum absolute atomic E-state index is 0.124. The lowest BCUT2D eigenvalue weighted by molar-refractivity contribution is -0.137. The van der Waals surface area contributed by atoms with Gasteiger partial charge in [0.2, 0.25) is 0 Å². The van der Waals surface area contributed by atoms with Gasteiger partial charge in [-0.05, 0) is 0 Å². The topological polar surface area (TPSA) is 73.6 Å². The second kappa shape index (κ2) is 5.40. The third-order valence-corrected chi connectivity index (χ3v) is 3.09. The number of carboxylic acid groups (broad SMARTS) is 1. The SMILES string of the molecule is COc1cc2nc(C(C)C)n(CC(=O)O)c2cc1OC. The smallest absolute Gasteiger partial charge is 0.323 e. The van der Waals surface area contributed by atoms with Gasteiger partial charge < -0.3 is 19.1 Å². The summed E-state index contributed by atoms with van der Waals surface area (Å²) in [5, 5.41) is 9.07. The summed E-state index contributed by atoms with van der Waals surface area (Å²) in [5.74, 6) is 1.09. The number of ether oxygens (including phenoxy) is 2. The van der Waals surface area contributed by atoms with Gasteiger partial charge in [-0.25, -0.2) is 4.98 Å². The molecular weight excluding hydrogens is 260 g/mol. The molecule has 6 heteroatoms. The Hall–Kier alpha value is -2.24. The molecule has 2 rings (SSSR count). The van der Waals surface area contributed by atoms with Crippen molar-refractivity contribution < 1.29 is 19.4 Å². The van der Waals surface area contributed by atoms with Crippen molar-refractivity contribution in [3.63, 3.8) is 0 Å². The number of aliphatic carboxylic acids is 1. The Bertz CT molecular complexity index is 646. The van der Waals surface area contributed by atoms with Crippen molar-refractivity contribution in [2.75, 3.05) is 14.2 Å². The Morgan fingerprint density at radius 2 is 1.90 bits per heavy atom. The van der Waals surface area contributed by atoms with E-state index in [0.29, 0.717) is 17.0 Å². The van der Waals surface area contributed by atoms with Crippen molar-refractivity contribution >= 4 is 17.0 Å². The predicted octanol–water partition coefficient (Wildman–Crippen LogP) is 2.26. The molecule has 0 aliphatic carbocycles. The summed E-state index contributed by atoms with van der Waals surface area (Å²) in [6.07, 6.45) is 0. The summed E-state index contributed by atoms with van der Waals surface area (Å²) in [4.78, 5) is 15.6. The number of rotatable bonds is 5. The van der Waals surface area contributed by atoms with Crippen LogP contribution in [0.1, 0.15) is 25.6 Å². The molecule has 1 heterocycles. The molecule has 0 saturated carbocycles. The van der Waals surface area contributed by atoms with E-state index in [1.165, 1.54) is 0 Å². The Kier molecular flexibility index (Phi) is 3.83. The summed E-state index contributed by atoms with van der Waals surface area (Å²) in [7, 11) is 3.10. The lowest BCUT2D eigenvalue weighted by Crippen LogP contribution is -2.12. The van der Waals surface area contributed by atoms with Gasteiger partial charge in [-0.3, -0.25) is 4.79 Å². The van der Waals surface area contributed by atoms with Crippen molar-refractivity contribution in [2.45, 2.75) is 26.3 Å². The lowest BCUT2D eigenvalue weighted by atomic mass is 10.2. The molecular formula is C14H18N2O4. The van der Waals surface area contributed by atoms with Gasteiger partial charge in [0.1, 0.15) is 12.4 Å². The van der Waals surface area contributed by atoms with Crippen molar-refractivity contribution in [1.29, 1.82) is 0 Å². The zero-order valence-corrected chi connectivity index (χ0v) is 12.0. The van der Waals surface area contributed by atoms with Gasteiger partial charge in [0.05, 0.1) is 25.3 Å². The zero-order valence-electron chi connectivity index (χ0n) is 12.0. The van der Waals surface area contributed by atoms with Crippen LogP contribution in [-0.2, 0) is 11.3 Å². The van der Waals surface area contributed by atoms with Crippen LogP contribution < -0.4 is 9.47 Å². The lowest BCUT2D eigenvalue weighted by Gasteiger charge is -2.10. The Labute approximate surface area is 116 Å². The number of carbonyl (C=O) groups is 1. The Balaban J connectivity index is 2.71. The number of hydrogen-bond donors (Lipinski definition) is 1. The molecule has 0 bridgehead atoms. The van der Waals surface area contributed by atoms with Gasteiger partial charge >= 0.3 is 5.97 Å². The average Bonchev–Trinajstić information content (AvgIpc) is 2.74. The van der Waals surface area contributed by atoms with Crippen LogP contribution in [0.3, 0.4) is 0 Å². The van der Waals surface area contributed by atoms with Crippen LogP contribution in [0.25, 0.3) is 11.0 Å². The number of methoxy groups -OCH3 is 2. The van der Waals surface area contributed by atoms with Gasteiger partial charge in [0, 0.05) is 18.1 Å². The summed E-state index contributed by atoms with van der Waals surface area (Å²) < 4.78 is 12.2. The maximum Gasteiger partial charge on any atom is 0.323 e. The van der Waals surface area contributed by atoms with Crippen molar-refractivity contribution in [3.8, 4) is 11.5 Å². The summed E-state index contributed by atoms with van der Waals surface area (Å²) in [5.41, 5.74) is 1.43. The fraction of sp³-hybridized carbons (Fsp3) is 0.429. The zero-order chi connectivity index (χ0) is 14.9. The first kappa shape index (κ1) is 14.2. The highest BCUT2D eigenvalue weighted by Crippen LogP contribution is 2.33. The molecule has 1 aromatic carbocycles. The Morgan fingerprint density at radius 1 is 1.30 bits per heavy atom. The first-order valence-corrected chi connectivity index (χ1v) is 6.31. The van der Waals surface area contributed by atoms with E-state index < -0.39 is 5.97 Å². The maximum atomic E-state index is 11.1. The number of aromatic nitrogens is 2. The van der Waals surface area contributed by atoms with Gasteiger partial charge in [0.15, 0.2) is 11.5 Å². The van der Waals surface area contributed by atoms with Gasteiger partial charge in [-0.2, -0.15) is 0 Å². The fourth-order valence-corrected chi connectivity index (χ4v) is 2.21. The third kappa shape index (κ3) is 2.41. The molecule has 0 amide bonds. The number of carboxylic acids is 1. The second-order valence-electron chi connectivity index (χ2n) is 4.80. The molecule has 0 aliphatic rings. The van der Waals surface area contributed by atoms with Crippen LogP contribution in [0.2, 0.25) is 0 Å². The van der Waals surface area contributed by atoms with Crippen molar-refractivity contribution in [1.82, 2.24) is 9.55 Å². The van der Waals surface area contributed by atoms with Crippen LogP contribution in [-0.4, -0.2) is 34.8 Å². The van der Waals surface area contributed by atoms with E-state index in [0.717, 1.165) is 11.3 Å². The van der Waals surface area contributed by atoms with Crippen molar-refractivity contribution in [3.05, 3.63) is 18.0 Å². The standard InChI is InChI=1S/C14H18N2O4/c1-8(2)14-15-9-5-11(19-3)12(20-4)6-10(9)16(14)7-13(17)18/h5-6,8H,7H2,1-4H3,(H,17,18). The molecule has 1 aromatic heterocycles. The van der Waals surface area contributed by atoms with Crippen LogP contribution in [0.5, 0.6) is 11.5 Å². The number of imidazole rings is 1. The molecule has 2 aromatic rings. The fourth-order valence-electron chi connectivity index (χ4n) is 2.21. The van der Waals surface area contributed by atoms with E-state index in [-0.39, 0.29) is 12.5 Å². The second-order valence-corrected chi connectivity index (χ2v) is 4.80. The molecule has 0 aliphatic heterocycles. The largest absolute Gasteiger partial charge is 0.493 e. The van der Waals surface area contributed by atoms with Gasteiger partial charge in [0.25, 0.3) is 0 Å². The molecule has 20 heavy (non-hydrogen) atoms. The molecule has 0 fully saturated rings. The number of hydrogen-bond acceptors (Lipinski definition) is 4. The highest BCUT2D eigenvalue weighted by molar-refractivity contribution is 5.82. The van der Waals surface area contributed by atoms with E-state index >= 15 is 0 Å². The maximum absolute atomic E-state index is 11.1. The number of benzene rings is 1. The van der Waals surface area contributed by atoms with E-state index in [2.05, 4.69) is 4.98 Å². The third-order valence-electron chi connectivity index (χ3n) is 3.09. The number of fused-ring (bicyclic) bond motifs is 1. The summed E-state index contributed by atoms with van der Waals surface area (Å²) in [6.45, 7) is 3.83. The minimum Gasteiger partial charge on any atom is -0.493 e. The molecule has 0 unspecified atom stereocenters. The van der Waals surface area contributed by atoms with Crippen LogP contribution in [0, 0.1) is 0 Å². The average molecular weight is 278 g/mol. The molecule has 108 valence electrons. The Morgan fingerprint density at radius 3 is 2.40 bits per heavy atom. The highest BCUT2D eigenvalue weighted by Gasteiger charge is 2.18. The summed E-state index contributed by atoms with van der Waals surface area (Å²) >= 11 is 0. The first-order chi connectivity index (χ1) is 9.47. The van der Waals surface area contributed by atoms with Crippen molar-refractivity contribution in [2.24, 2.45) is 0 Å². The molecule has 0 atom stereocenters. The minimum atomic E-state index is -0.902. The van der Waals surface area contributed by atoms with Crippen LogP contribution in [0.15, 0.2) is 12.1 Å². The predicted molar refractivity (Wildman–Crippen MR) is 74.6 cm³/mol. The van der Waals surface area contributed by atoms with E-state index in [4.69, 9.17) is 14.6 Å². The monoisotopic (exact) mass is 278 g/mol.